The van der Waals surface area contributed by atoms with Crippen LogP contribution in [0.25, 0.3) is 0 Å². The standard InChI is InChI=1S/C18H27N3O3S/c1-23-15-4-2-11-24-18(15)5-9-20(10-6-18)16(22)12-14-13-25-17-19-7-3-8-21(14)17/h13,15H,2-12H2,1H3/t15-/m0/s1. The minimum Gasteiger partial charge on any atom is -0.378 e. The first kappa shape index (κ1) is 17.4. The second kappa shape index (κ2) is 7.29. The van der Waals surface area contributed by atoms with Gasteiger partial charge in [-0.05, 0) is 37.5 Å². The van der Waals surface area contributed by atoms with Crippen molar-refractivity contribution in [1.29, 1.82) is 0 Å². The Kier molecular flexibility index (Phi) is 5.06. The molecule has 0 bridgehead atoms. The van der Waals surface area contributed by atoms with Crippen LogP contribution < -0.4 is 0 Å². The topological polar surface area (TPSA) is 54.4 Å². The Morgan fingerprint density at radius 3 is 3.04 bits per heavy atom. The van der Waals surface area contributed by atoms with Gasteiger partial charge in [0.2, 0.25) is 5.91 Å². The summed E-state index contributed by atoms with van der Waals surface area (Å²) in [5.74, 6) is 0.221. The van der Waals surface area contributed by atoms with Gasteiger partial charge in [-0.1, -0.05) is 11.8 Å². The molecule has 25 heavy (non-hydrogen) atoms. The summed E-state index contributed by atoms with van der Waals surface area (Å²) < 4.78 is 11.8. The van der Waals surface area contributed by atoms with Crippen LogP contribution in [0, 0.1) is 0 Å². The number of thioether (sulfide) groups is 1. The van der Waals surface area contributed by atoms with E-state index in [4.69, 9.17) is 9.47 Å². The summed E-state index contributed by atoms with van der Waals surface area (Å²) in [5, 5.41) is 3.16. The van der Waals surface area contributed by atoms with Gasteiger partial charge in [0.15, 0.2) is 5.17 Å². The Balaban J connectivity index is 1.34. The average Bonchev–Trinajstić information content (AvgIpc) is 3.06. The van der Waals surface area contributed by atoms with Crippen LogP contribution in [0.3, 0.4) is 0 Å². The minimum atomic E-state index is -0.182. The summed E-state index contributed by atoms with van der Waals surface area (Å²) in [7, 11) is 1.78. The molecule has 0 N–H and O–H groups in total. The first-order valence-electron chi connectivity index (χ1n) is 9.34. The highest BCUT2D eigenvalue weighted by Gasteiger charge is 2.45. The van der Waals surface area contributed by atoms with Crippen LogP contribution in [0.4, 0.5) is 0 Å². The van der Waals surface area contributed by atoms with Gasteiger partial charge < -0.3 is 19.3 Å². The SMILES string of the molecule is CO[C@H]1CCCOC12CCN(C(=O)CC1=CSC3=NCCCN13)CC2. The summed E-state index contributed by atoms with van der Waals surface area (Å²) >= 11 is 1.65. The summed E-state index contributed by atoms with van der Waals surface area (Å²) in [5.41, 5.74) is 0.927. The minimum absolute atomic E-state index is 0.166. The zero-order valence-electron chi connectivity index (χ0n) is 14.9. The molecule has 2 fully saturated rings. The molecule has 0 saturated carbocycles. The Morgan fingerprint density at radius 2 is 2.24 bits per heavy atom. The van der Waals surface area contributed by atoms with Crippen molar-refractivity contribution in [2.75, 3.05) is 39.9 Å². The van der Waals surface area contributed by atoms with Gasteiger partial charge in [0.05, 0.1) is 18.1 Å². The molecule has 0 radical (unpaired) electrons. The maximum atomic E-state index is 12.8. The molecule has 6 nitrogen and oxygen atoms in total. The van der Waals surface area contributed by atoms with Gasteiger partial charge in [0.25, 0.3) is 0 Å². The van der Waals surface area contributed by atoms with Crippen molar-refractivity contribution in [2.24, 2.45) is 4.99 Å². The number of ether oxygens (including phenoxy) is 2. The number of methoxy groups -OCH3 is 1. The van der Waals surface area contributed by atoms with E-state index in [0.29, 0.717) is 6.42 Å². The van der Waals surface area contributed by atoms with Crippen LogP contribution in [0.15, 0.2) is 16.1 Å². The molecule has 4 rings (SSSR count). The number of rotatable bonds is 3. The van der Waals surface area contributed by atoms with E-state index < -0.39 is 0 Å². The quantitative estimate of drug-likeness (QED) is 0.768. The van der Waals surface area contributed by atoms with Crippen LogP contribution in [0.1, 0.15) is 38.5 Å². The van der Waals surface area contributed by atoms with Crippen LogP contribution >= 0.6 is 11.8 Å². The molecule has 0 aromatic rings. The van der Waals surface area contributed by atoms with Crippen LogP contribution in [0.5, 0.6) is 0 Å². The van der Waals surface area contributed by atoms with Gasteiger partial charge in [-0.2, -0.15) is 0 Å². The van der Waals surface area contributed by atoms with E-state index in [1.165, 1.54) is 0 Å². The van der Waals surface area contributed by atoms with Crippen LogP contribution in [-0.4, -0.2) is 72.5 Å². The molecule has 0 aromatic carbocycles. The van der Waals surface area contributed by atoms with Crippen molar-refractivity contribution >= 4 is 22.8 Å². The first-order chi connectivity index (χ1) is 12.2. The van der Waals surface area contributed by atoms with Crippen molar-refractivity contribution < 1.29 is 14.3 Å². The number of piperidine rings is 1. The lowest BCUT2D eigenvalue weighted by atomic mass is 9.81. The predicted molar refractivity (Wildman–Crippen MR) is 98.4 cm³/mol. The van der Waals surface area contributed by atoms with E-state index in [1.807, 2.05) is 4.90 Å². The lowest BCUT2D eigenvalue weighted by Gasteiger charge is -2.48. The fraction of sp³-hybridized carbons (Fsp3) is 0.778. The normalized spacial score (nSPS) is 28.6. The molecular formula is C18H27N3O3S. The Morgan fingerprint density at radius 1 is 1.40 bits per heavy atom. The molecule has 1 atom stereocenters. The van der Waals surface area contributed by atoms with E-state index in [9.17, 15) is 4.79 Å². The number of hydrogen-bond acceptors (Lipinski definition) is 6. The third kappa shape index (κ3) is 3.34. The fourth-order valence-corrected chi connectivity index (χ4v) is 5.33. The highest BCUT2D eigenvalue weighted by Crippen LogP contribution is 2.37. The summed E-state index contributed by atoms with van der Waals surface area (Å²) in [6, 6.07) is 0. The molecule has 2 saturated heterocycles. The van der Waals surface area contributed by atoms with Gasteiger partial charge >= 0.3 is 0 Å². The number of amides is 1. The van der Waals surface area contributed by atoms with E-state index >= 15 is 0 Å². The molecule has 7 heteroatoms. The van der Waals surface area contributed by atoms with Gasteiger partial charge in [-0.15, -0.1) is 0 Å². The number of nitrogens with zero attached hydrogens (tertiary/aromatic N) is 3. The van der Waals surface area contributed by atoms with Crippen molar-refractivity contribution in [3.63, 3.8) is 0 Å². The molecule has 138 valence electrons. The van der Waals surface area contributed by atoms with Crippen LogP contribution in [0.2, 0.25) is 0 Å². The highest BCUT2D eigenvalue weighted by molar-refractivity contribution is 8.16. The number of carbonyl (C=O) groups is 1. The van der Waals surface area contributed by atoms with E-state index in [0.717, 1.165) is 75.8 Å². The smallest absolute Gasteiger partial charge is 0.228 e. The molecular weight excluding hydrogens is 338 g/mol. The summed E-state index contributed by atoms with van der Waals surface area (Å²) in [6.45, 7) is 4.23. The van der Waals surface area contributed by atoms with E-state index in [-0.39, 0.29) is 17.6 Å². The van der Waals surface area contributed by atoms with E-state index in [1.54, 1.807) is 18.9 Å². The van der Waals surface area contributed by atoms with Gasteiger partial charge in [0, 0.05) is 45.6 Å². The average molecular weight is 365 g/mol. The maximum absolute atomic E-state index is 12.8. The third-order valence-corrected chi connectivity index (χ3v) is 6.78. The monoisotopic (exact) mass is 365 g/mol. The largest absolute Gasteiger partial charge is 0.378 e. The number of amidine groups is 1. The predicted octanol–water partition coefficient (Wildman–Crippen LogP) is 2.21. The maximum Gasteiger partial charge on any atom is 0.228 e. The summed E-state index contributed by atoms with van der Waals surface area (Å²) in [6.07, 6.45) is 5.59. The molecule has 4 aliphatic heterocycles. The molecule has 1 spiro atoms. The highest BCUT2D eigenvalue weighted by atomic mass is 32.2. The number of aliphatic imine (C=N–C) groups is 1. The lowest BCUT2D eigenvalue weighted by molar-refractivity contribution is -0.188. The van der Waals surface area contributed by atoms with Gasteiger partial charge in [0.1, 0.15) is 0 Å². The molecule has 4 heterocycles. The zero-order valence-corrected chi connectivity index (χ0v) is 15.7. The molecule has 0 aliphatic carbocycles. The zero-order chi connectivity index (χ0) is 17.3. The lowest BCUT2D eigenvalue weighted by Crippen LogP contribution is -2.56. The second-order valence-corrected chi connectivity index (χ2v) is 8.07. The number of likely N-dealkylation sites (tertiary alicyclic amines) is 1. The fourth-order valence-electron chi connectivity index (χ4n) is 4.37. The molecule has 0 aromatic heterocycles. The first-order valence-corrected chi connectivity index (χ1v) is 10.2. The van der Waals surface area contributed by atoms with Crippen LogP contribution in [-0.2, 0) is 14.3 Å². The van der Waals surface area contributed by atoms with Crippen molar-refractivity contribution in [2.45, 2.75) is 50.2 Å². The molecule has 1 amide bonds. The van der Waals surface area contributed by atoms with Gasteiger partial charge in [-0.3, -0.25) is 9.79 Å². The Bertz CT molecular complexity index is 584. The number of fused-ring (bicyclic) bond motifs is 1. The Labute approximate surface area is 153 Å². The molecule has 0 unspecified atom stereocenters. The second-order valence-electron chi connectivity index (χ2n) is 7.23. The van der Waals surface area contributed by atoms with E-state index in [2.05, 4.69) is 15.3 Å². The van der Waals surface area contributed by atoms with Crippen molar-refractivity contribution in [3.05, 3.63) is 11.1 Å². The van der Waals surface area contributed by atoms with Crippen molar-refractivity contribution in [1.82, 2.24) is 9.80 Å². The number of hydrogen-bond donors (Lipinski definition) is 0. The third-order valence-electron chi connectivity index (χ3n) is 5.83. The number of carbonyl (C=O) groups excluding carboxylic acids is 1. The molecule has 4 aliphatic rings. The Hall–Kier alpha value is -1.05. The van der Waals surface area contributed by atoms with Crippen molar-refractivity contribution in [3.8, 4) is 0 Å². The van der Waals surface area contributed by atoms with Gasteiger partial charge in [-0.25, -0.2) is 0 Å². The summed E-state index contributed by atoms with van der Waals surface area (Å²) in [4.78, 5) is 21.5.